The first kappa shape index (κ1) is 13.9. The zero-order chi connectivity index (χ0) is 13.8. The molecule has 0 heterocycles. The van der Waals surface area contributed by atoms with Crippen molar-refractivity contribution >= 4 is 5.69 Å². The van der Waals surface area contributed by atoms with Crippen LogP contribution in [0.15, 0.2) is 18.2 Å². The van der Waals surface area contributed by atoms with Crippen LogP contribution in [0.1, 0.15) is 18.1 Å². The van der Waals surface area contributed by atoms with E-state index in [4.69, 9.17) is 10.5 Å². The van der Waals surface area contributed by atoms with Gasteiger partial charge in [-0.05, 0) is 25.1 Å². The molecule has 1 aromatic carbocycles. The van der Waals surface area contributed by atoms with Crippen LogP contribution in [0.2, 0.25) is 0 Å². The fraction of sp³-hybridized carbons (Fsp3) is 0.333. The molecule has 0 aliphatic rings. The van der Waals surface area contributed by atoms with Crippen molar-refractivity contribution in [3.05, 3.63) is 29.3 Å². The average Bonchev–Trinajstić information content (AvgIpc) is 2.34. The van der Waals surface area contributed by atoms with Gasteiger partial charge in [0.1, 0.15) is 6.07 Å². The smallest absolute Gasteiger partial charge is 0.383 e. The number of alkyl halides is 3. The first-order valence-corrected chi connectivity index (χ1v) is 5.13. The highest BCUT2D eigenvalue weighted by Crippen LogP contribution is 2.31. The lowest BCUT2D eigenvalue weighted by atomic mass is 10.1. The number of nitrogens with one attached hydrogen (secondary N) is 1. The minimum atomic E-state index is -4.47. The molecule has 3 nitrogen and oxygen atoms in total. The molecule has 1 unspecified atom stereocenters. The quantitative estimate of drug-likeness (QED) is 0.900. The van der Waals surface area contributed by atoms with Gasteiger partial charge in [0, 0.05) is 6.54 Å². The number of hydrogen-bond donors (Lipinski definition) is 1. The van der Waals surface area contributed by atoms with Gasteiger partial charge in [-0.3, -0.25) is 0 Å². The molecule has 0 saturated carbocycles. The molecule has 1 aromatic rings. The van der Waals surface area contributed by atoms with Gasteiger partial charge < -0.3 is 5.32 Å². The Morgan fingerprint density at radius 3 is 2.50 bits per heavy atom. The van der Waals surface area contributed by atoms with Crippen LogP contribution in [0.4, 0.5) is 18.9 Å². The molecule has 1 rings (SSSR count). The van der Waals surface area contributed by atoms with E-state index in [1.54, 1.807) is 13.0 Å². The molecule has 0 saturated heterocycles. The first-order valence-electron chi connectivity index (χ1n) is 5.13. The van der Waals surface area contributed by atoms with Gasteiger partial charge in [-0.15, -0.1) is 0 Å². The molecule has 0 radical (unpaired) electrons. The normalized spacial score (nSPS) is 12.3. The monoisotopic (exact) mass is 253 g/mol. The van der Waals surface area contributed by atoms with Crippen molar-refractivity contribution in [2.75, 3.05) is 11.9 Å². The van der Waals surface area contributed by atoms with Gasteiger partial charge in [-0.25, -0.2) is 0 Å². The molecule has 1 atom stereocenters. The third kappa shape index (κ3) is 3.39. The minimum absolute atomic E-state index is 0.0880. The second-order valence-electron chi connectivity index (χ2n) is 3.78. The Morgan fingerprint density at radius 1 is 1.33 bits per heavy atom. The molecular formula is C12H10F3N3. The second kappa shape index (κ2) is 5.42. The lowest BCUT2D eigenvalue weighted by Crippen LogP contribution is -2.11. The summed E-state index contributed by atoms with van der Waals surface area (Å²) in [5.41, 5.74) is -0.652. The maximum atomic E-state index is 12.4. The summed E-state index contributed by atoms with van der Waals surface area (Å²) in [5.74, 6) is -0.293. The van der Waals surface area contributed by atoms with E-state index in [9.17, 15) is 13.2 Å². The fourth-order valence-electron chi connectivity index (χ4n) is 1.28. The van der Waals surface area contributed by atoms with Crippen molar-refractivity contribution in [3.8, 4) is 12.1 Å². The molecule has 1 N–H and O–H groups in total. The SMILES string of the molecule is CC(C#N)CNc1ccc(C(F)(F)F)cc1C#N. The van der Waals surface area contributed by atoms with Crippen molar-refractivity contribution in [1.29, 1.82) is 10.5 Å². The molecule has 0 amide bonds. The fourth-order valence-corrected chi connectivity index (χ4v) is 1.28. The number of anilines is 1. The van der Waals surface area contributed by atoms with E-state index < -0.39 is 11.7 Å². The summed E-state index contributed by atoms with van der Waals surface area (Å²) in [6.45, 7) is 1.94. The average molecular weight is 253 g/mol. The number of nitriles is 2. The molecule has 0 aromatic heterocycles. The van der Waals surface area contributed by atoms with Gasteiger partial charge in [0.05, 0.1) is 28.8 Å². The number of nitrogens with zero attached hydrogens (tertiary/aromatic N) is 2. The Balaban J connectivity index is 2.96. The van der Waals surface area contributed by atoms with Crippen LogP contribution >= 0.6 is 0 Å². The maximum Gasteiger partial charge on any atom is 0.416 e. The zero-order valence-electron chi connectivity index (χ0n) is 9.54. The second-order valence-corrected chi connectivity index (χ2v) is 3.78. The number of halogens is 3. The van der Waals surface area contributed by atoms with Crippen molar-refractivity contribution < 1.29 is 13.2 Å². The molecule has 94 valence electrons. The van der Waals surface area contributed by atoms with E-state index in [1.807, 2.05) is 6.07 Å². The Kier molecular flexibility index (Phi) is 4.17. The van der Waals surface area contributed by atoms with E-state index in [2.05, 4.69) is 5.32 Å². The van der Waals surface area contributed by atoms with Crippen LogP contribution in [0, 0.1) is 28.6 Å². The third-order valence-corrected chi connectivity index (χ3v) is 2.29. The first-order chi connectivity index (χ1) is 8.38. The predicted molar refractivity (Wildman–Crippen MR) is 59.4 cm³/mol. The summed E-state index contributed by atoms with van der Waals surface area (Å²) in [4.78, 5) is 0. The molecule has 0 aliphatic carbocycles. The Labute approximate surface area is 102 Å². The lowest BCUT2D eigenvalue weighted by Gasteiger charge is -2.12. The van der Waals surface area contributed by atoms with Gasteiger partial charge in [-0.2, -0.15) is 23.7 Å². The molecular weight excluding hydrogens is 243 g/mol. The van der Waals surface area contributed by atoms with Gasteiger partial charge in [-0.1, -0.05) is 0 Å². The molecule has 0 spiro atoms. The topological polar surface area (TPSA) is 59.6 Å². The van der Waals surface area contributed by atoms with Gasteiger partial charge in [0.2, 0.25) is 0 Å². The summed E-state index contributed by atoms with van der Waals surface area (Å²) in [6.07, 6.45) is -4.47. The molecule has 0 aliphatic heterocycles. The summed E-state index contributed by atoms with van der Waals surface area (Å²) in [6, 6.07) is 6.58. The van der Waals surface area contributed by atoms with E-state index in [0.29, 0.717) is 5.69 Å². The van der Waals surface area contributed by atoms with Crippen molar-refractivity contribution in [3.63, 3.8) is 0 Å². The highest BCUT2D eigenvalue weighted by molar-refractivity contribution is 5.59. The van der Waals surface area contributed by atoms with Crippen LogP contribution in [0.3, 0.4) is 0 Å². The Hall–Kier alpha value is -2.21. The van der Waals surface area contributed by atoms with Crippen LogP contribution < -0.4 is 5.32 Å². The molecule has 0 bridgehead atoms. The summed E-state index contributed by atoms with van der Waals surface area (Å²) >= 11 is 0. The zero-order valence-corrected chi connectivity index (χ0v) is 9.54. The largest absolute Gasteiger partial charge is 0.416 e. The van der Waals surface area contributed by atoms with Crippen LogP contribution in [0.5, 0.6) is 0 Å². The van der Waals surface area contributed by atoms with Crippen LogP contribution in [-0.4, -0.2) is 6.54 Å². The highest BCUT2D eigenvalue weighted by Gasteiger charge is 2.31. The van der Waals surface area contributed by atoms with Gasteiger partial charge >= 0.3 is 6.18 Å². The van der Waals surface area contributed by atoms with Crippen LogP contribution in [-0.2, 0) is 6.18 Å². The van der Waals surface area contributed by atoms with E-state index in [1.165, 1.54) is 6.07 Å². The minimum Gasteiger partial charge on any atom is -0.383 e. The summed E-state index contributed by atoms with van der Waals surface area (Å²) in [7, 11) is 0. The van der Waals surface area contributed by atoms with Gasteiger partial charge in [0.15, 0.2) is 0 Å². The summed E-state index contributed by atoms with van der Waals surface area (Å²) < 4.78 is 37.3. The van der Waals surface area contributed by atoms with Crippen molar-refractivity contribution in [2.45, 2.75) is 13.1 Å². The Bertz CT molecular complexity index is 509. The maximum absolute atomic E-state index is 12.4. The van der Waals surface area contributed by atoms with E-state index >= 15 is 0 Å². The molecule has 18 heavy (non-hydrogen) atoms. The van der Waals surface area contributed by atoms with E-state index in [-0.39, 0.29) is 18.0 Å². The third-order valence-electron chi connectivity index (χ3n) is 2.29. The molecule has 0 fully saturated rings. The number of hydrogen-bond acceptors (Lipinski definition) is 3. The number of rotatable bonds is 3. The highest BCUT2D eigenvalue weighted by atomic mass is 19.4. The Morgan fingerprint density at radius 2 is 2.00 bits per heavy atom. The van der Waals surface area contributed by atoms with Gasteiger partial charge in [0.25, 0.3) is 0 Å². The van der Waals surface area contributed by atoms with Crippen molar-refractivity contribution in [2.24, 2.45) is 5.92 Å². The summed E-state index contributed by atoms with van der Waals surface area (Å²) in [5, 5.41) is 20.2. The molecule has 6 heteroatoms. The van der Waals surface area contributed by atoms with Crippen LogP contribution in [0.25, 0.3) is 0 Å². The standard InChI is InChI=1S/C12H10F3N3/c1-8(5-16)7-18-11-3-2-10(12(13,14)15)4-9(11)6-17/h2-4,8,18H,7H2,1H3. The van der Waals surface area contributed by atoms with Crippen molar-refractivity contribution in [1.82, 2.24) is 0 Å². The lowest BCUT2D eigenvalue weighted by molar-refractivity contribution is -0.137. The predicted octanol–water partition coefficient (Wildman–Crippen LogP) is 3.15. The number of benzene rings is 1. The van der Waals surface area contributed by atoms with E-state index in [0.717, 1.165) is 12.1 Å².